The van der Waals surface area contributed by atoms with Gasteiger partial charge in [0.2, 0.25) is 11.7 Å². The number of esters is 1. The van der Waals surface area contributed by atoms with Gasteiger partial charge < -0.3 is 18.4 Å². The fourth-order valence-electron chi connectivity index (χ4n) is 2.47. The molecule has 0 amide bonds. The lowest BCUT2D eigenvalue weighted by molar-refractivity contribution is -0.139. The molecule has 2 aromatic carbocycles. The minimum atomic E-state index is -0.580. The van der Waals surface area contributed by atoms with E-state index >= 15 is 0 Å². The molecule has 8 heteroatoms. The molecule has 2 aromatic heterocycles. The third kappa shape index (κ3) is 3.90. The normalized spacial score (nSPS) is 11.2. The maximum Gasteiger partial charge on any atom is 0.331 e. The van der Waals surface area contributed by atoms with E-state index in [0.717, 1.165) is 5.56 Å². The Morgan fingerprint density at radius 3 is 2.89 bits per heavy atom. The van der Waals surface area contributed by atoms with Crippen LogP contribution in [0.1, 0.15) is 11.8 Å². The Bertz CT molecular complexity index is 1110. The molecule has 0 fully saturated rings. The van der Waals surface area contributed by atoms with Crippen LogP contribution in [0, 0.1) is 0 Å². The number of hydrogen-bond acceptors (Lipinski definition) is 8. The molecule has 8 nitrogen and oxygen atoms in total. The van der Waals surface area contributed by atoms with Crippen LogP contribution in [0.5, 0.6) is 5.75 Å². The average molecular weight is 377 g/mol. The summed E-state index contributed by atoms with van der Waals surface area (Å²) in [5.74, 6) is 0.979. The van der Waals surface area contributed by atoms with E-state index in [1.807, 2.05) is 36.4 Å². The van der Waals surface area contributed by atoms with E-state index in [1.54, 1.807) is 19.2 Å². The van der Waals surface area contributed by atoms with Gasteiger partial charge in [0.05, 0.1) is 7.11 Å². The van der Waals surface area contributed by atoms with Gasteiger partial charge >= 0.3 is 5.97 Å². The molecule has 28 heavy (non-hydrogen) atoms. The van der Waals surface area contributed by atoms with E-state index in [0.29, 0.717) is 28.6 Å². The van der Waals surface area contributed by atoms with Crippen LogP contribution in [0.2, 0.25) is 0 Å². The summed E-state index contributed by atoms with van der Waals surface area (Å²) in [6, 6.07) is 14.6. The Morgan fingerprint density at radius 1 is 1.14 bits per heavy atom. The number of ether oxygens (including phenoxy) is 2. The van der Waals surface area contributed by atoms with Crippen molar-refractivity contribution in [3.8, 4) is 17.1 Å². The van der Waals surface area contributed by atoms with Crippen LogP contribution >= 0.6 is 0 Å². The minimum absolute atomic E-state index is 0.145. The van der Waals surface area contributed by atoms with Crippen molar-refractivity contribution in [2.24, 2.45) is 0 Å². The monoisotopic (exact) mass is 377 g/mol. The largest absolute Gasteiger partial charge is 0.497 e. The van der Waals surface area contributed by atoms with Crippen LogP contribution in [0.25, 0.3) is 28.6 Å². The van der Waals surface area contributed by atoms with Crippen LogP contribution in [0.4, 0.5) is 0 Å². The molecule has 2 heterocycles. The first-order valence-electron chi connectivity index (χ1n) is 8.39. The summed E-state index contributed by atoms with van der Waals surface area (Å²) < 4.78 is 20.9. The Hall–Kier alpha value is -3.94. The summed E-state index contributed by atoms with van der Waals surface area (Å²) in [4.78, 5) is 20.3. The smallest absolute Gasteiger partial charge is 0.331 e. The number of carbonyl (C=O) groups is 1. The molecule has 0 N–H and O–H groups in total. The number of fused-ring (bicyclic) bond motifs is 1. The summed E-state index contributed by atoms with van der Waals surface area (Å²) in [6.45, 7) is -0.145. The number of nitrogens with zero attached hydrogens (tertiary/aromatic N) is 3. The van der Waals surface area contributed by atoms with E-state index < -0.39 is 5.97 Å². The maximum absolute atomic E-state index is 11.9. The van der Waals surface area contributed by atoms with Gasteiger partial charge in [0.15, 0.2) is 12.2 Å². The van der Waals surface area contributed by atoms with E-state index in [-0.39, 0.29) is 12.5 Å². The molecule has 0 saturated carbocycles. The van der Waals surface area contributed by atoms with E-state index in [2.05, 4.69) is 15.1 Å². The molecular weight excluding hydrogens is 362 g/mol. The Kier molecular flexibility index (Phi) is 4.83. The van der Waals surface area contributed by atoms with Crippen molar-refractivity contribution in [2.75, 3.05) is 7.11 Å². The van der Waals surface area contributed by atoms with Crippen LogP contribution in [0.15, 0.2) is 63.5 Å². The van der Waals surface area contributed by atoms with E-state index in [9.17, 15) is 4.79 Å². The van der Waals surface area contributed by atoms with Gasteiger partial charge in [-0.3, -0.25) is 0 Å². The molecule has 0 aliphatic rings. The maximum atomic E-state index is 11.9. The van der Waals surface area contributed by atoms with Crippen molar-refractivity contribution in [3.63, 3.8) is 0 Å². The van der Waals surface area contributed by atoms with E-state index in [1.165, 1.54) is 12.2 Å². The van der Waals surface area contributed by atoms with Gasteiger partial charge in [-0.25, -0.2) is 9.78 Å². The first-order valence-corrected chi connectivity index (χ1v) is 8.39. The predicted molar refractivity (Wildman–Crippen MR) is 99.1 cm³/mol. The van der Waals surface area contributed by atoms with Crippen molar-refractivity contribution in [1.82, 2.24) is 15.1 Å². The SMILES string of the molecule is COc1cccc(-c2noc(COC(=O)/C=C/c3nc4ccccc4o3)n2)c1. The summed E-state index contributed by atoms with van der Waals surface area (Å²) in [7, 11) is 1.58. The van der Waals surface area contributed by atoms with Crippen molar-refractivity contribution in [1.29, 1.82) is 0 Å². The van der Waals surface area contributed by atoms with Crippen LogP contribution in [-0.4, -0.2) is 28.2 Å². The zero-order valence-electron chi connectivity index (χ0n) is 14.9. The summed E-state index contributed by atoms with van der Waals surface area (Å²) in [5.41, 5.74) is 2.09. The Morgan fingerprint density at radius 2 is 2.04 bits per heavy atom. The minimum Gasteiger partial charge on any atom is -0.497 e. The highest BCUT2D eigenvalue weighted by Crippen LogP contribution is 2.21. The van der Waals surface area contributed by atoms with Crippen LogP contribution in [-0.2, 0) is 16.1 Å². The molecule has 0 spiro atoms. The zero-order valence-corrected chi connectivity index (χ0v) is 14.9. The van der Waals surface area contributed by atoms with Gasteiger partial charge in [-0.1, -0.05) is 29.4 Å². The lowest BCUT2D eigenvalue weighted by Crippen LogP contribution is -2.01. The number of benzene rings is 2. The predicted octanol–water partition coefficient (Wildman–Crippen LogP) is 3.64. The van der Waals surface area contributed by atoms with Gasteiger partial charge in [-0.05, 0) is 24.3 Å². The number of hydrogen-bond donors (Lipinski definition) is 0. The van der Waals surface area contributed by atoms with Gasteiger partial charge in [-0.15, -0.1) is 0 Å². The van der Waals surface area contributed by atoms with Gasteiger partial charge in [-0.2, -0.15) is 4.98 Å². The second-order valence-electron chi connectivity index (χ2n) is 5.70. The fraction of sp³-hybridized carbons (Fsp3) is 0.100. The Balaban J connectivity index is 1.36. The topological polar surface area (TPSA) is 100 Å². The summed E-state index contributed by atoms with van der Waals surface area (Å²) >= 11 is 0. The molecule has 0 unspecified atom stereocenters. The van der Waals surface area contributed by atoms with E-state index in [4.69, 9.17) is 18.4 Å². The van der Waals surface area contributed by atoms with Crippen LogP contribution < -0.4 is 4.74 Å². The fourth-order valence-corrected chi connectivity index (χ4v) is 2.47. The van der Waals surface area contributed by atoms with Crippen molar-refractivity contribution < 1.29 is 23.2 Å². The zero-order chi connectivity index (χ0) is 19.3. The number of carbonyl (C=O) groups excluding carboxylic acids is 1. The molecular formula is C20H15N3O5. The van der Waals surface area contributed by atoms with Crippen LogP contribution in [0.3, 0.4) is 0 Å². The lowest BCUT2D eigenvalue weighted by atomic mass is 10.2. The number of para-hydroxylation sites is 2. The molecule has 0 aliphatic carbocycles. The van der Waals surface area contributed by atoms with Gasteiger partial charge in [0, 0.05) is 17.7 Å². The third-order valence-corrected chi connectivity index (χ3v) is 3.81. The molecule has 0 aliphatic heterocycles. The second-order valence-corrected chi connectivity index (χ2v) is 5.70. The van der Waals surface area contributed by atoms with Gasteiger partial charge in [0.25, 0.3) is 5.89 Å². The number of aromatic nitrogens is 3. The highest BCUT2D eigenvalue weighted by molar-refractivity contribution is 5.86. The molecule has 0 saturated heterocycles. The molecule has 0 radical (unpaired) electrons. The quantitative estimate of drug-likeness (QED) is 0.371. The van der Waals surface area contributed by atoms with Crippen molar-refractivity contribution >= 4 is 23.1 Å². The second kappa shape index (κ2) is 7.75. The molecule has 4 rings (SSSR count). The Labute approximate surface area is 159 Å². The lowest BCUT2D eigenvalue weighted by Gasteiger charge is -1.99. The van der Waals surface area contributed by atoms with Crippen molar-refractivity contribution in [3.05, 3.63) is 66.4 Å². The standard InChI is InChI=1S/C20H15N3O5/c1-25-14-6-4-5-13(11-14)20-22-18(28-23-20)12-26-19(24)10-9-17-21-15-7-2-3-8-16(15)27-17/h2-11H,12H2,1H3/b10-9+. The first kappa shape index (κ1) is 17.5. The third-order valence-electron chi connectivity index (χ3n) is 3.81. The molecule has 0 bridgehead atoms. The molecule has 0 atom stereocenters. The summed E-state index contributed by atoms with van der Waals surface area (Å²) in [5, 5.41) is 3.88. The highest BCUT2D eigenvalue weighted by Gasteiger charge is 2.11. The molecule has 4 aromatic rings. The number of oxazole rings is 1. The van der Waals surface area contributed by atoms with Crippen molar-refractivity contribution in [2.45, 2.75) is 6.61 Å². The number of rotatable bonds is 6. The van der Waals surface area contributed by atoms with Gasteiger partial charge in [0.1, 0.15) is 11.3 Å². The highest BCUT2D eigenvalue weighted by atomic mass is 16.6. The molecule has 140 valence electrons. The average Bonchev–Trinajstić information content (AvgIpc) is 3.37. The number of methoxy groups -OCH3 is 1. The summed E-state index contributed by atoms with van der Waals surface area (Å²) in [6.07, 6.45) is 2.67. The first-order chi connectivity index (χ1) is 13.7.